The van der Waals surface area contributed by atoms with Crippen LogP contribution in [-0.2, 0) is 11.3 Å². The first-order valence-electron chi connectivity index (χ1n) is 5.70. The summed E-state index contributed by atoms with van der Waals surface area (Å²) in [6.45, 7) is 8.49. The molecule has 1 heterocycles. The summed E-state index contributed by atoms with van der Waals surface area (Å²) in [5, 5.41) is 15.5. The highest BCUT2D eigenvalue weighted by atomic mass is 32.2. The molecule has 0 bridgehead atoms. The molecule has 1 aromatic heterocycles. The fraction of sp³-hybridized carbons (Fsp3) is 0.900. The van der Waals surface area contributed by atoms with E-state index < -0.39 is 0 Å². The molecule has 0 unspecified atom stereocenters. The van der Waals surface area contributed by atoms with Crippen molar-refractivity contribution in [2.24, 2.45) is 0 Å². The fourth-order valence-corrected chi connectivity index (χ4v) is 1.86. The van der Waals surface area contributed by atoms with Crippen molar-refractivity contribution >= 4 is 11.8 Å². The predicted octanol–water partition coefficient (Wildman–Crippen LogP) is 0.800. The van der Waals surface area contributed by atoms with Gasteiger partial charge in [-0.2, -0.15) is 0 Å². The highest BCUT2D eigenvalue weighted by molar-refractivity contribution is 7.99. The zero-order valence-electron chi connectivity index (χ0n) is 10.9. The number of rotatable bonds is 7. The summed E-state index contributed by atoms with van der Waals surface area (Å²) in [5.74, 6) is 0.858. The Kier molecular flexibility index (Phi) is 5.87. The predicted molar refractivity (Wildman–Crippen MR) is 68.2 cm³/mol. The van der Waals surface area contributed by atoms with Gasteiger partial charge >= 0.3 is 0 Å². The Morgan fingerprint density at radius 2 is 2.18 bits per heavy atom. The fourth-order valence-electron chi connectivity index (χ4n) is 1.14. The van der Waals surface area contributed by atoms with Crippen molar-refractivity contribution in [1.82, 2.24) is 25.5 Å². The van der Waals surface area contributed by atoms with Crippen molar-refractivity contribution in [2.75, 3.05) is 26.0 Å². The first-order valence-corrected chi connectivity index (χ1v) is 6.69. The molecule has 1 aromatic rings. The maximum atomic E-state index is 5.64. The minimum absolute atomic E-state index is 0.0847. The van der Waals surface area contributed by atoms with Gasteiger partial charge in [0, 0.05) is 12.3 Å². The van der Waals surface area contributed by atoms with E-state index in [1.54, 1.807) is 16.4 Å². The van der Waals surface area contributed by atoms with E-state index in [-0.39, 0.29) is 5.60 Å². The van der Waals surface area contributed by atoms with Crippen molar-refractivity contribution < 1.29 is 4.74 Å². The molecule has 17 heavy (non-hydrogen) atoms. The van der Waals surface area contributed by atoms with Crippen LogP contribution in [0.3, 0.4) is 0 Å². The smallest absolute Gasteiger partial charge is 0.209 e. The van der Waals surface area contributed by atoms with Crippen LogP contribution in [0.5, 0.6) is 0 Å². The standard InChI is InChI=1S/C10H21N5OS/c1-10(2,3)16-7-8-17-9-12-13-14-15(9)6-5-11-4/h11H,5-8H2,1-4H3. The molecule has 0 spiro atoms. The molecule has 0 atom stereocenters. The maximum Gasteiger partial charge on any atom is 0.209 e. The van der Waals surface area contributed by atoms with Crippen molar-refractivity contribution in [3.8, 4) is 0 Å². The zero-order valence-corrected chi connectivity index (χ0v) is 11.8. The molecule has 6 nitrogen and oxygen atoms in total. The first kappa shape index (κ1) is 14.4. The molecule has 0 radical (unpaired) electrons. The molecule has 0 saturated carbocycles. The van der Waals surface area contributed by atoms with Gasteiger partial charge in [-0.3, -0.25) is 0 Å². The van der Waals surface area contributed by atoms with Crippen LogP contribution in [-0.4, -0.2) is 51.8 Å². The Hall–Kier alpha value is -0.660. The average Bonchev–Trinajstić information content (AvgIpc) is 2.67. The normalized spacial score (nSPS) is 12.0. The quantitative estimate of drug-likeness (QED) is 0.577. The van der Waals surface area contributed by atoms with E-state index in [9.17, 15) is 0 Å². The minimum atomic E-state index is -0.0847. The molecule has 1 rings (SSSR count). The molecule has 0 aliphatic heterocycles. The van der Waals surface area contributed by atoms with Crippen LogP contribution in [0.15, 0.2) is 5.16 Å². The second kappa shape index (κ2) is 6.93. The third-order valence-corrected chi connectivity index (χ3v) is 2.84. The van der Waals surface area contributed by atoms with Gasteiger partial charge in [-0.1, -0.05) is 11.8 Å². The Bertz CT molecular complexity index is 323. The number of hydrogen-bond donors (Lipinski definition) is 1. The van der Waals surface area contributed by atoms with Gasteiger partial charge in [0.25, 0.3) is 0 Å². The van der Waals surface area contributed by atoms with E-state index in [1.807, 2.05) is 7.05 Å². The first-order chi connectivity index (χ1) is 8.03. The van der Waals surface area contributed by atoms with Crippen molar-refractivity contribution in [1.29, 1.82) is 0 Å². The van der Waals surface area contributed by atoms with Crippen LogP contribution in [0.1, 0.15) is 20.8 Å². The highest BCUT2D eigenvalue weighted by Crippen LogP contribution is 2.14. The molecule has 0 amide bonds. The van der Waals surface area contributed by atoms with Gasteiger partial charge in [-0.05, 0) is 38.2 Å². The number of aromatic nitrogens is 4. The summed E-state index contributed by atoms with van der Waals surface area (Å²) < 4.78 is 7.44. The topological polar surface area (TPSA) is 64.9 Å². The van der Waals surface area contributed by atoms with Gasteiger partial charge in [0.1, 0.15) is 0 Å². The summed E-state index contributed by atoms with van der Waals surface area (Å²) in [6.07, 6.45) is 0. The molecule has 0 aliphatic carbocycles. The second-order valence-corrected chi connectivity index (χ2v) is 5.66. The molecule has 0 fully saturated rings. The van der Waals surface area contributed by atoms with Crippen molar-refractivity contribution in [2.45, 2.75) is 38.1 Å². The van der Waals surface area contributed by atoms with Gasteiger partial charge in [-0.25, -0.2) is 4.68 Å². The number of likely N-dealkylation sites (N-methyl/N-ethyl adjacent to an activating group) is 1. The lowest BCUT2D eigenvalue weighted by atomic mass is 10.2. The third kappa shape index (κ3) is 5.99. The highest BCUT2D eigenvalue weighted by Gasteiger charge is 2.10. The summed E-state index contributed by atoms with van der Waals surface area (Å²) >= 11 is 1.62. The number of nitrogens with one attached hydrogen (secondary N) is 1. The Morgan fingerprint density at radius 3 is 2.82 bits per heavy atom. The van der Waals surface area contributed by atoms with Gasteiger partial charge in [0.05, 0.1) is 18.8 Å². The van der Waals surface area contributed by atoms with Crippen LogP contribution in [0.4, 0.5) is 0 Å². The molecule has 7 heteroatoms. The molecule has 0 aliphatic rings. The minimum Gasteiger partial charge on any atom is -0.375 e. The summed E-state index contributed by atoms with van der Waals surface area (Å²) in [4.78, 5) is 0. The van der Waals surface area contributed by atoms with Gasteiger partial charge < -0.3 is 10.1 Å². The van der Waals surface area contributed by atoms with Crippen molar-refractivity contribution in [3.05, 3.63) is 0 Å². The van der Waals surface area contributed by atoms with E-state index in [0.717, 1.165) is 24.0 Å². The van der Waals surface area contributed by atoms with Crippen LogP contribution >= 0.6 is 11.8 Å². The second-order valence-electron chi connectivity index (χ2n) is 4.60. The van der Waals surface area contributed by atoms with Crippen LogP contribution < -0.4 is 5.32 Å². The van der Waals surface area contributed by atoms with E-state index in [0.29, 0.717) is 6.61 Å². The van der Waals surface area contributed by atoms with Crippen LogP contribution in [0, 0.1) is 0 Å². The number of ether oxygens (including phenoxy) is 1. The van der Waals surface area contributed by atoms with Crippen LogP contribution in [0.25, 0.3) is 0 Å². The zero-order chi connectivity index (χ0) is 12.7. The van der Waals surface area contributed by atoms with Gasteiger partial charge in [-0.15, -0.1) is 5.10 Å². The SMILES string of the molecule is CNCCn1nnnc1SCCOC(C)(C)C. The number of tetrazole rings is 1. The van der Waals surface area contributed by atoms with E-state index in [2.05, 4.69) is 41.6 Å². The lowest BCUT2D eigenvalue weighted by Crippen LogP contribution is -2.20. The third-order valence-electron chi connectivity index (χ3n) is 1.92. The monoisotopic (exact) mass is 259 g/mol. The largest absolute Gasteiger partial charge is 0.375 e. The Morgan fingerprint density at radius 1 is 1.41 bits per heavy atom. The molecule has 0 aromatic carbocycles. The van der Waals surface area contributed by atoms with Crippen LogP contribution in [0.2, 0.25) is 0 Å². The Labute approximate surface area is 106 Å². The molecule has 98 valence electrons. The molecule has 0 saturated heterocycles. The lowest BCUT2D eigenvalue weighted by molar-refractivity contribution is 0.00692. The molecule has 1 N–H and O–H groups in total. The number of hydrogen-bond acceptors (Lipinski definition) is 6. The summed E-state index contributed by atoms with van der Waals surface area (Å²) in [5.41, 5.74) is -0.0847. The average molecular weight is 259 g/mol. The van der Waals surface area contributed by atoms with E-state index in [4.69, 9.17) is 4.74 Å². The van der Waals surface area contributed by atoms with Gasteiger partial charge in [0.2, 0.25) is 5.16 Å². The maximum absolute atomic E-state index is 5.64. The summed E-state index contributed by atoms with van der Waals surface area (Å²) in [6, 6.07) is 0. The van der Waals surface area contributed by atoms with Gasteiger partial charge in [0.15, 0.2) is 0 Å². The molecular formula is C10H21N5OS. The lowest BCUT2D eigenvalue weighted by Gasteiger charge is -2.18. The van der Waals surface area contributed by atoms with E-state index >= 15 is 0 Å². The molecular weight excluding hydrogens is 238 g/mol. The van der Waals surface area contributed by atoms with E-state index in [1.165, 1.54) is 0 Å². The Balaban J connectivity index is 2.29. The summed E-state index contributed by atoms with van der Waals surface area (Å²) in [7, 11) is 1.91. The number of thioether (sulfide) groups is 1. The van der Waals surface area contributed by atoms with Crippen molar-refractivity contribution in [3.63, 3.8) is 0 Å². The number of nitrogens with zero attached hydrogens (tertiary/aromatic N) is 4.